The molecule has 0 saturated carbocycles. The molecule has 0 aromatic heterocycles. The van der Waals surface area contributed by atoms with Crippen LogP contribution in [0.15, 0.2) is 64.2 Å². The minimum atomic E-state index is -0.0738. The van der Waals surface area contributed by atoms with Crippen molar-refractivity contribution >= 4 is 17.0 Å². The van der Waals surface area contributed by atoms with Gasteiger partial charge in [-0.2, -0.15) is 0 Å². The Morgan fingerprint density at radius 1 is 0.958 bits per heavy atom. The van der Waals surface area contributed by atoms with Gasteiger partial charge in [0.2, 0.25) is 0 Å². The van der Waals surface area contributed by atoms with E-state index in [1.54, 1.807) is 0 Å². The molecule has 1 nitrogen and oxygen atoms in total. The monoisotopic (exact) mass is 317 g/mol. The lowest BCUT2D eigenvalue weighted by atomic mass is 9.84. The molecule has 1 aliphatic rings. The van der Waals surface area contributed by atoms with Crippen molar-refractivity contribution in [1.29, 1.82) is 0 Å². The summed E-state index contributed by atoms with van der Waals surface area (Å²) in [6.45, 7) is 13.1. The van der Waals surface area contributed by atoms with Gasteiger partial charge in [-0.25, -0.2) is 0 Å². The number of allylic oxidation sites excluding steroid dienone is 4. The highest BCUT2D eigenvalue weighted by atomic mass is 14.8. The van der Waals surface area contributed by atoms with Crippen molar-refractivity contribution < 1.29 is 0 Å². The Bertz CT molecular complexity index is 873. The van der Waals surface area contributed by atoms with Crippen LogP contribution < -0.4 is 0 Å². The lowest BCUT2D eigenvalue weighted by Gasteiger charge is -2.20. The van der Waals surface area contributed by atoms with Crippen LogP contribution in [-0.2, 0) is 0 Å². The van der Waals surface area contributed by atoms with E-state index in [0.29, 0.717) is 5.92 Å². The van der Waals surface area contributed by atoms with Gasteiger partial charge in [0.25, 0.3) is 0 Å². The molecule has 0 amide bonds. The third kappa shape index (κ3) is 3.08. The van der Waals surface area contributed by atoms with Crippen LogP contribution in [0.4, 0.5) is 0 Å². The van der Waals surface area contributed by atoms with Crippen molar-refractivity contribution in [1.82, 2.24) is 0 Å². The standard InChI is InChI=1S/C23H27N/c1-15-13-16(2)22(17(15)3)20-12-11-18-9-7-8-10-19(18)21(20)14-24-23(4,5)6/h7-14,22H,1-6H3. The molecule has 3 rings (SSSR count). The number of benzene rings is 2. The van der Waals surface area contributed by atoms with Crippen LogP contribution in [0.3, 0.4) is 0 Å². The molecule has 0 radical (unpaired) electrons. The third-order valence-corrected chi connectivity index (χ3v) is 4.85. The van der Waals surface area contributed by atoms with E-state index in [-0.39, 0.29) is 5.54 Å². The van der Waals surface area contributed by atoms with Gasteiger partial charge in [0.05, 0.1) is 5.54 Å². The predicted octanol–water partition coefficient (Wildman–Crippen LogP) is 6.44. The first-order chi connectivity index (χ1) is 11.3. The molecule has 1 heteroatoms. The zero-order chi connectivity index (χ0) is 17.5. The Hall–Kier alpha value is -2.15. The van der Waals surface area contributed by atoms with E-state index in [4.69, 9.17) is 4.99 Å². The quantitative estimate of drug-likeness (QED) is 0.565. The highest BCUT2D eigenvalue weighted by molar-refractivity contribution is 6.02. The van der Waals surface area contributed by atoms with E-state index in [9.17, 15) is 0 Å². The van der Waals surface area contributed by atoms with E-state index < -0.39 is 0 Å². The summed E-state index contributed by atoms with van der Waals surface area (Å²) in [5.41, 5.74) is 6.82. The minimum absolute atomic E-state index is 0.0738. The van der Waals surface area contributed by atoms with Crippen LogP contribution in [0.25, 0.3) is 10.8 Å². The summed E-state index contributed by atoms with van der Waals surface area (Å²) >= 11 is 0. The zero-order valence-electron chi connectivity index (χ0n) is 15.6. The normalized spacial score (nSPS) is 18.8. The first-order valence-corrected chi connectivity index (χ1v) is 8.70. The van der Waals surface area contributed by atoms with Crippen LogP contribution in [-0.4, -0.2) is 11.8 Å². The van der Waals surface area contributed by atoms with Gasteiger partial charge in [-0.3, -0.25) is 4.99 Å². The fourth-order valence-electron chi connectivity index (χ4n) is 3.55. The second-order valence-corrected chi connectivity index (χ2v) is 7.91. The summed E-state index contributed by atoms with van der Waals surface area (Å²) in [6, 6.07) is 13.1. The van der Waals surface area contributed by atoms with Crippen LogP contribution in [0.2, 0.25) is 0 Å². The SMILES string of the molecule is CC1=CC(C)=C(C)C1c1ccc2ccccc2c1C=NC(C)(C)C. The van der Waals surface area contributed by atoms with E-state index in [1.807, 2.05) is 0 Å². The molecule has 0 N–H and O–H groups in total. The van der Waals surface area contributed by atoms with Crippen LogP contribution >= 0.6 is 0 Å². The molecule has 0 aliphatic heterocycles. The number of nitrogens with zero attached hydrogens (tertiary/aromatic N) is 1. The summed E-state index contributed by atoms with van der Waals surface area (Å²) in [4.78, 5) is 4.82. The van der Waals surface area contributed by atoms with Crippen molar-refractivity contribution in [2.75, 3.05) is 0 Å². The average Bonchev–Trinajstić information content (AvgIpc) is 2.77. The second-order valence-electron chi connectivity index (χ2n) is 7.91. The largest absolute Gasteiger partial charge is 0.287 e. The fraction of sp³-hybridized carbons (Fsp3) is 0.348. The van der Waals surface area contributed by atoms with Crippen molar-refractivity contribution in [3.63, 3.8) is 0 Å². The van der Waals surface area contributed by atoms with Crippen molar-refractivity contribution in [2.45, 2.75) is 53.0 Å². The Morgan fingerprint density at radius 2 is 1.67 bits per heavy atom. The van der Waals surface area contributed by atoms with Gasteiger partial charge in [0, 0.05) is 17.7 Å². The molecule has 0 heterocycles. The highest BCUT2D eigenvalue weighted by Gasteiger charge is 2.25. The van der Waals surface area contributed by atoms with Crippen molar-refractivity contribution in [3.8, 4) is 0 Å². The van der Waals surface area contributed by atoms with E-state index in [2.05, 4.69) is 90.2 Å². The number of hydrogen-bond donors (Lipinski definition) is 0. The molecule has 0 saturated heterocycles. The van der Waals surface area contributed by atoms with E-state index in [0.717, 1.165) is 0 Å². The summed E-state index contributed by atoms with van der Waals surface area (Å²) in [6.07, 6.45) is 4.41. The van der Waals surface area contributed by atoms with Crippen molar-refractivity contribution in [2.24, 2.45) is 4.99 Å². The highest BCUT2D eigenvalue weighted by Crippen LogP contribution is 2.41. The van der Waals surface area contributed by atoms with Gasteiger partial charge < -0.3 is 0 Å². The molecule has 24 heavy (non-hydrogen) atoms. The molecular formula is C23H27N. The minimum Gasteiger partial charge on any atom is -0.287 e. The number of rotatable bonds is 2. The maximum Gasteiger partial charge on any atom is 0.0524 e. The summed E-state index contributed by atoms with van der Waals surface area (Å²) in [7, 11) is 0. The zero-order valence-corrected chi connectivity index (χ0v) is 15.6. The first kappa shape index (κ1) is 16.7. The number of fused-ring (bicyclic) bond motifs is 1. The molecule has 124 valence electrons. The maximum atomic E-state index is 4.82. The molecule has 0 fully saturated rings. The lowest BCUT2D eigenvalue weighted by Crippen LogP contribution is -2.11. The van der Waals surface area contributed by atoms with Gasteiger partial charge in [0.15, 0.2) is 0 Å². The van der Waals surface area contributed by atoms with Gasteiger partial charge in [0.1, 0.15) is 0 Å². The lowest BCUT2D eigenvalue weighted by molar-refractivity contribution is 0.586. The Balaban J connectivity index is 2.25. The number of hydrogen-bond acceptors (Lipinski definition) is 1. The predicted molar refractivity (Wildman–Crippen MR) is 106 cm³/mol. The van der Waals surface area contributed by atoms with Gasteiger partial charge in [-0.1, -0.05) is 59.2 Å². The van der Waals surface area contributed by atoms with Gasteiger partial charge in [-0.15, -0.1) is 0 Å². The molecule has 1 aliphatic carbocycles. The number of aliphatic imine (C=N–C) groups is 1. The molecule has 0 bridgehead atoms. The van der Waals surface area contributed by atoms with Crippen LogP contribution in [0.1, 0.15) is 58.6 Å². The van der Waals surface area contributed by atoms with Crippen LogP contribution in [0.5, 0.6) is 0 Å². The van der Waals surface area contributed by atoms with Crippen molar-refractivity contribution in [3.05, 3.63) is 70.3 Å². The smallest absolute Gasteiger partial charge is 0.0524 e. The Morgan fingerprint density at radius 3 is 2.29 bits per heavy atom. The van der Waals surface area contributed by atoms with Gasteiger partial charge >= 0.3 is 0 Å². The molecule has 2 aromatic carbocycles. The van der Waals surface area contributed by atoms with E-state index in [1.165, 1.54) is 38.6 Å². The average molecular weight is 317 g/mol. The summed E-state index contributed by atoms with van der Waals surface area (Å²) in [5, 5.41) is 2.56. The maximum absolute atomic E-state index is 4.82. The molecule has 2 aromatic rings. The molecule has 1 unspecified atom stereocenters. The van der Waals surface area contributed by atoms with E-state index >= 15 is 0 Å². The second kappa shape index (κ2) is 6.05. The Labute approximate surface area is 145 Å². The fourth-order valence-corrected chi connectivity index (χ4v) is 3.55. The Kier molecular flexibility index (Phi) is 4.21. The topological polar surface area (TPSA) is 12.4 Å². The van der Waals surface area contributed by atoms with Crippen LogP contribution in [0, 0.1) is 0 Å². The third-order valence-electron chi connectivity index (χ3n) is 4.85. The molecular weight excluding hydrogens is 290 g/mol. The first-order valence-electron chi connectivity index (χ1n) is 8.70. The summed E-state index contributed by atoms with van der Waals surface area (Å²) < 4.78 is 0. The van der Waals surface area contributed by atoms with Gasteiger partial charge in [-0.05, 0) is 57.9 Å². The molecule has 0 spiro atoms. The molecule has 1 atom stereocenters. The summed E-state index contributed by atoms with van der Waals surface area (Å²) in [5.74, 6) is 0.371.